The SMILES string of the molecule is Cc1nnc(O[C@@H]2CCC[C@H]2N)s1. The molecule has 5 heteroatoms. The van der Waals surface area contributed by atoms with E-state index >= 15 is 0 Å². The highest BCUT2D eigenvalue weighted by atomic mass is 32.1. The molecule has 1 heterocycles. The summed E-state index contributed by atoms with van der Waals surface area (Å²) in [7, 11) is 0. The van der Waals surface area contributed by atoms with Crippen molar-refractivity contribution in [3.05, 3.63) is 5.01 Å². The van der Waals surface area contributed by atoms with Crippen LogP contribution in [-0.4, -0.2) is 22.3 Å². The molecule has 72 valence electrons. The van der Waals surface area contributed by atoms with Crippen LogP contribution in [0.2, 0.25) is 0 Å². The topological polar surface area (TPSA) is 61.0 Å². The number of hydrogen-bond donors (Lipinski definition) is 1. The highest BCUT2D eigenvalue weighted by molar-refractivity contribution is 7.12. The van der Waals surface area contributed by atoms with E-state index in [0.29, 0.717) is 5.19 Å². The fourth-order valence-electron chi connectivity index (χ4n) is 1.56. The minimum absolute atomic E-state index is 0.146. The molecule has 0 saturated heterocycles. The molecule has 0 spiro atoms. The lowest BCUT2D eigenvalue weighted by Gasteiger charge is -2.14. The standard InChI is InChI=1S/C8H13N3OS/c1-5-10-11-8(13-5)12-7-4-2-3-6(7)9/h6-7H,2-4,9H2,1H3/t6-,7-/m1/s1. The molecule has 0 amide bonds. The van der Waals surface area contributed by atoms with Gasteiger partial charge in [-0.25, -0.2) is 0 Å². The van der Waals surface area contributed by atoms with Crippen LogP contribution in [0.5, 0.6) is 5.19 Å². The lowest BCUT2D eigenvalue weighted by atomic mass is 10.2. The first-order valence-electron chi connectivity index (χ1n) is 4.48. The normalized spacial score (nSPS) is 27.8. The molecule has 1 aromatic rings. The van der Waals surface area contributed by atoms with Gasteiger partial charge in [0.2, 0.25) is 0 Å². The predicted octanol–water partition coefficient (Wildman–Crippen LogP) is 1.11. The van der Waals surface area contributed by atoms with Crippen molar-refractivity contribution >= 4 is 11.3 Å². The summed E-state index contributed by atoms with van der Waals surface area (Å²) in [6, 6.07) is 0.171. The van der Waals surface area contributed by atoms with E-state index in [2.05, 4.69) is 10.2 Å². The molecule has 13 heavy (non-hydrogen) atoms. The minimum atomic E-state index is 0.146. The van der Waals surface area contributed by atoms with E-state index in [4.69, 9.17) is 10.5 Å². The van der Waals surface area contributed by atoms with Crippen LogP contribution in [0.1, 0.15) is 24.3 Å². The molecule has 0 bridgehead atoms. The number of aryl methyl sites for hydroxylation is 1. The quantitative estimate of drug-likeness (QED) is 0.775. The molecule has 0 unspecified atom stereocenters. The highest BCUT2D eigenvalue weighted by Gasteiger charge is 2.26. The van der Waals surface area contributed by atoms with Crippen molar-refractivity contribution in [1.29, 1.82) is 0 Å². The van der Waals surface area contributed by atoms with E-state index in [9.17, 15) is 0 Å². The highest BCUT2D eigenvalue weighted by Crippen LogP contribution is 2.25. The summed E-state index contributed by atoms with van der Waals surface area (Å²) < 4.78 is 5.63. The van der Waals surface area contributed by atoms with Gasteiger partial charge in [-0.3, -0.25) is 0 Å². The van der Waals surface area contributed by atoms with Gasteiger partial charge < -0.3 is 10.5 Å². The van der Waals surface area contributed by atoms with Gasteiger partial charge in [0, 0.05) is 6.04 Å². The lowest BCUT2D eigenvalue weighted by molar-refractivity contribution is 0.189. The fourth-order valence-corrected chi connectivity index (χ4v) is 2.14. The van der Waals surface area contributed by atoms with Gasteiger partial charge in [-0.15, -0.1) is 10.2 Å². The molecule has 1 aliphatic rings. The molecule has 1 saturated carbocycles. The van der Waals surface area contributed by atoms with Crippen molar-refractivity contribution in [3.63, 3.8) is 0 Å². The van der Waals surface area contributed by atoms with Crippen molar-refractivity contribution in [1.82, 2.24) is 10.2 Å². The second-order valence-corrected chi connectivity index (χ2v) is 4.48. The lowest BCUT2D eigenvalue weighted by Crippen LogP contribution is -2.33. The molecule has 2 atom stereocenters. The van der Waals surface area contributed by atoms with Crippen LogP contribution in [0, 0.1) is 6.92 Å². The first-order valence-corrected chi connectivity index (χ1v) is 5.29. The van der Waals surface area contributed by atoms with Crippen molar-refractivity contribution in [2.75, 3.05) is 0 Å². The number of nitrogens with two attached hydrogens (primary N) is 1. The van der Waals surface area contributed by atoms with Crippen LogP contribution in [-0.2, 0) is 0 Å². The maximum absolute atomic E-state index is 5.87. The van der Waals surface area contributed by atoms with E-state index in [1.807, 2.05) is 6.92 Å². The van der Waals surface area contributed by atoms with Crippen molar-refractivity contribution in [3.8, 4) is 5.19 Å². The van der Waals surface area contributed by atoms with E-state index in [1.54, 1.807) is 0 Å². The third kappa shape index (κ3) is 1.97. The molecule has 1 aliphatic carbocycles. The summed E-state index contributed by atoms with van der Waals surface area (Å²) in [6.07, 6.45) is 3.40. The van der Waals surface area contributed by atoms with Crippen molar-refractivity contribution in [2.45, 2.75) is 38.3 Å². The van der Waals surface area contributed by atoms with E-state index < -0.39 is 0 Å². The summed E-state index contributed by atoms with van der Waals surface area (Å²) in [5.74, 6) is 0. The molecular formula is C8H13N3OS. The van der Waals surface area contributed by atoms with Crippen molar-refractivity contribution in [2.24, 2.45) is 5.73 Å². The summed E-state index contributed by atoms with van der Waals surface area (Å²) >= 11 is 1.48. The van der Waals surface area contributed by atoms with Crippen LogP contribution in [0.4, 0.5) is 0 Å². The Hall–Kier alpha value is -0.680. The monoisotopic (exact) mass is 199 g/mol. The maximum atomic E-state index is 5.87. The second kappa shape index (κ2) is 3.59. The van der Waals surface area contributed by atoms with Gasteiger partial charge in [0.25, 0.3) is 5.19 Å². The Bertz CT molecular complexity index is 289. The third-order valence-electron chi connectivity index (χ3n) is 2.26. The predicted molar refractivity (Wildman–Crippen MR) is 50.9 cm³/mol. The zero-order valence-electron chi connectivity index (χ0n) is 7.56. The van der Waals surface area contributed by atoms with Gasteiger partial charge in [0.15, 0.2) is 0 Å². The Balaban J connectivity index is 1.97. The minimum Gasteiger partial charge on any atom is -0.464 e. The van der Waals surface area contributed by atoms with Crippen LogP contribution < -0.4 is 10.5 Å². The van der Waals surface area contributed by atoms with Gasteiger partial charge in [-0.2, -0.15) is 0 Å². The maximum Gasteiger partial charge on any atom is 0.294 e. The smallest absolute Gasteiger partial charge is 0.294 e. The molecule has 2 rings (SSSR count). The molecule has 2 N–H and O–H groups in total. The van der Waals surface area contributed by atoms with Gasteiger partial charge in [-0.05, 0) is 26.2 Å². The summed E-state index contributed by atoms with van der Waals surface area (Å²) in [4.78, 5) is 0. The zero-order valence-corrected chi connectivity index (χ0v) is 8.38. The van der Waals surface area contributed by atoms with Gasteiger partial charge in [-0.1, -0.05) is 11.3 Å². The average molecular weight is 199 g/mol. The summed E-state index contributed by atoms with van der Waals surface area (Å²) in [5, 5.41) is 9.38. The van der Waals surface area contributed by atoms with E-state index in [-0.39, 0.29) is 12.1 Å². The van der Waals surface area contributed by atoms with Gasteiger partial charge >= 0.3 is 0 Å². The third-order valence-corrected chi connectivity index (χ3v) is 2.99. The van der Waals surface area contributed by atoms with Crippen LogP contribution in [0.25, 0.3) is 0 Å². The van der Waals surface area contributed by atoms with E-state index in [1.165, 1.54) is 11.3 Å². The Morgan fingerprint density at radius 2 is 2.31 bits per heavy atom. The first-order chi connectivity index (χ1) is 6.25. The Morgan fingerprint density at radius 1 is 1.46 bits per heavy atom. The van der Waals surface area contributed by atoms with Crippen LogP contribution in [0.15, 0.2) is 0 Å². The Kier molecular flexibility index (Phi) is 2.46. The molecular weight excluding hydrogens is 186 g/mol. The van der Waals surface area contributed by atoms with Gasteiger partial charge in [0.05, 0.1) is 0 Å². The Morgan fingerprint density at radius 3 is 2.85 bits per heavy atom. The molecule has 1 fully saturated rings. The average Bonchev–Trinajstić information content (AvgIpc) is 2.64. The molecule has 0 aliphatic heterocycles. The Labute approximate surface area is 81.1 Å². The number of ether oxygens (including phenoxy) is 1. The molecule has 0 radical (unpaired) electrons. The van der Waals surface area contributed by atoms with Crippen LogP contribution >= 0.6 is 11.3 Å². The molecule has 0 aromatic carbocycles. The van der Waals surface area contributed by atoms with Crippen molar-refractivity contribution < 1.29 is 4.74 Å². The number of aromatic nitrogens is 2. The number of nitrogens with zero attached hydrogens (tertiary/aromatic N) is 2. The zero-order chi connectivity index (χ0) is 9.26. The summed E-state index contributed by atoms with van der Waals surface area (Å²) in [5.41, 5.74) is 5.87. The largest absolute Gasteiger partial charge is 0.464 e. The van der Waals surface area contributed by atoms with Gasteiger partial charge in [0.1, 0.15) is 11.1 Å². The van der Waals surface area contributed by atoms with E-state index in [0.717, 1.165) is 24.3 Å². The second-order valence-electron chi connectivity index (χ2n) is 3.34. The first kappa shape index (κ1) is 8.90. The fraction of sp³-hybridized carbons (Fsp3) is 0.750. The number of rotatable bonds is 2. The molecule has 4 nitrogen and oxygen atoms in total. The molecule has 1 aromatic heterocycles. The number of hydrogen-bond acceptors (Lipinski definition) is 5. The van der Waals surface area contributed by atoms with Crippen LogP contribution in [0.3, 0.4) is 0 Å². The summed E-state index contributed by atoms with van der Waals surface area (Å²) in [6.45, 7) is 1.92.